The molecule has 132 valence electrons. The molecule has 2 N–H and O–H groups in total. The van der Waals surface area contributed by atoms with Crippen molar-refractivity contribution in [3.05, 3.63) is 72.4 Å². The Bertz CT molecular complexity index is 836. The van der Waals surface area contributed by atoms with E-state index < -0.39 is 0 Å². The molecule has 0 spiro atoms. The molecule has 0 unspecified atom stereocenters. The van der Waals surface area contributed by atoms with Gasteiger partial charge in [0.15, 0.2) is 0 Å². The number of ether oxygens (including phenoxy) is 1. The summed E-state index contributed by atoms with van der Waals surface area (Å²) in [7, 11) is 0. The Kier molecular flexibility index (Phi) is 5.72. The highest BCUT2D eigenvalue weighted by atomic mass is 16.5. The molecule has 26 heavy (non-hydrogen) atoms. The van der Waals surface area contributed by atoms with E-state index >= 15 is 0 Å². The molecule has 0 fully saturated rings. The number of hydrogen-bond acceptors (Lipinski definition) is 6. The second kappa shape index (κ2) is 8.57. The number of carbonyl (C=O) groups excluding carboxylic acids is 1. The van der Waals surface area contributed by atoms with Gasteiger partial charge in [-0.05, 0) is 42.8 Å². The second-order valence-corrected chi connectivity index (χ2v) is 5.41. The minimum atomic E-state index is -0.283. The molecule has 1 amide bonds. The fourth-order valence-electron chi connectivity index (χ4n) is 2.23. The zero-order valence-corrected chi connectivity index (χ0v) is 14.3. The van der Waals surface area contributed by atoms with Gasteiger partial charge in [0.05, 0.1) is 19.0 Å². The quantitative estimate of drug-likeness (QED) is 0.682. The molecule has 0 atom stereocenters. The maximum absolute atomic E-state index is 12.1. The zero-order chi connectivity index (χ0) is 18.2. The van der Waals surface area contributed by atoms with Crippen LogP contribution in [0, 0.1) is 0 Å². The molecule has 0 aliphatic carbocycles. The Morgan fingerprint density at radius 2 is 1.92 bits per heavy atom. The van der Waals surface area contributed by atoms with Crippen LogP contribution in [0.2, 0.25) is 0 Å². The molecular weight excluding hydrogens is 330 g/mol. The van der Waals surface area contributed by atoms with E-state index in [2.05, 4.69) is 25.6 Å². The van der Waals surface area contributed by atoms with Gasteiger partial charge in [-0.2, -0.15) is 0 Å². The van der Waals surface area contributed by atoms with Crippen molar-refractivity contribution in [2.75, 3.05) is 11.9 Å². The molecule has 3 rings (SSSR count). The summed E-state index contributed by atoms with van der Waals surface area (Å²) in [5.74, 6) is 1.08. The summed E-state index contributed by atoms with van der Waals surface area (Å²) in [4.78, 5) is 24.5. The van der Waals surface area contributed by atoms with Crippen LogP contribution in [0.25, 0.3) is 0 Å². The van der Waals surface area contributed by atoms with E-state index in [0.717, 1.165) is 17.0 Å². The molecular formula is C19H19N5O2. The predicted molar refractivity (Wildman–Crippen MR) is 98.3 cm³/mol. The topological polar surface area (TPSA) is 89.0 Å². The molecule has 7 nitrogen and oxygen atoms in total. The number of rotatable bonds is 7. The summed E-state index contributed by atoms with van der Waals surface area (Å²) in [5, 5.41) is 5.91. The summed E-state index contributed by atoms with van der Waals surface area (Å²) >= 11 is 0. The number of amides is 1. The van der Waals surface area contributed by atoms with Crippen LogP contribution in [0.4, 0.5) is 11.5 Å². The summed E-state index contributed by atoms with van der Waals surface area (Å²) in [6, 6.07) is 11.2. The molecule has 2 heterocycles. The molecule has 3 aromatic rings. The minimum absolute atomic E-state index is 0.256. The number of hydrogen-bond donors (Lipinski definition) is 2. The summed E-state index contributed by atoms with van der Waals surface area (Å²) in [6.07, 6.45) is 6.35. The fraction of sp³-hybridized carbons (Fsp3) is 0.158. The number of nitrogens with one attached hydrogen (secondary N) is 2. The van der Waals surface area contributed by atoms with E-state index in [4.69, 9.17) is 4.74 Å². The molecule has 0 saturated heterocycles. The summed E-state index contributed by atoms with van der Waals surface area (Å²) in [6.45, 7) is 2.96. The standard InChI is InChI=1S/C19H19N5O2/c1-2-26-16-7-5-15(6-8-16)24-18-13-21-17(12-22-18)19(25)23-11-14-4-3-9-20-10-14/h3-10,12-13H,2,11H2,1H3,(H,22,24)(H,23,25). The van der Waals surface area contributed by atoms with Crippen LogP contribution in [0.15, 0.2) is 61.2 Å². The van der Waals surface area contributed by atoms with Crippen molar-refractivity contribution in [3.63, 3.8) is 0 Å². The van der Waals surface area contributed by atoms with Gasteiger partial charge >= 0.3 is 0 Å². The highest BCUT2D eigenvalue weighted by Gasteiger charge is 2.08. The average molecular weight is 349 g/mol. The third kappa shape index (κ3) is 4.76. The van der Waals surface area contributed by atoms with Gasteiger partial charge in [-0.15, -0.1) is 0 Å². The van der Waals surface area contributed by atoms with Crippen LogP contribution >= 0.6 is 0 Å². The number of nitrogens with zero attached hydrogens (tertiary/aromatic N) is 3. The van der Waals surface area contributed by atoms with Crippen molar-refractivity contribution in [1.82, 2.24) is 20.3 Å². The molecule has 0 bridgehead atoms. The SMILES string of the molecule is CCOc1ccc(Nc2cnc(C(=O)NCc3cccnc3)cn2)cc1. The predicted octanol–water partition coefficient (Wildman–Crippen LogP) is 2.94. The molecule has 1 aromatic carbocycles. The van der Waals surface area contributed by atoms with Crippen LogP contribution < -0.4 is 15.4 Å². The van der Waals surface area contributed by atoms with Crippen LogP contribution in [0.1, 0.15) is 23.0 Å². The molecule has 0 saturated carbocycles. The number of anilines is 2. The van der Waals surface area contributed by atoms with Crippen LogP contribution in [-0.2, 0) is 6.54 Å². The van der Waals surface area contributed by atoms with Crippen molar-refractivity contribution in [1.29, 1.82) is 0 Å². The number of carbonyl (C=O) groups is 1. The van der Waals surface area contributed by atoms with E-state index in [1.807, 2.05) is 43.3 Å². The third-order valence-corrected chi connectivity index (χ3v) is 3.50. The highest BCUT2D eigenvalue weighted by molar-refractivity contribution is 5.92. The van der Waals surface area contributed by atoms with E-state index in [-0.39, 0.29) is 11.6 Å². The molecule has 0 aliphatic rings. The average Bonchev–Trinajstić information content (AvgIpc) is 2.69. The first-order valence-corrected chi connectivity index (χ1v) is 8.23. The first kappa shape index (κ1) is 17.3. The van der Waals surface area contributed by atoms with Crippen molar-refractivity contribution < 1.29 is 9.53 Å². The van der Waals surface area contributed by atoms with Crippen molar-refractivity contribution in [3.8, 4) is 5.75 Å². The monoisotopic (exact) mass is 349 g/mol. The van der Waals surface area contributed by atoms with Crippen LogP contribution in [0.5, 0.6) is 5.75 Å². The Hall–Kier alpha value is -3.48. The first-order chi connectivity index (χ1) is 12.7. The Balaban J connectivity index is 1.56. The lowest BCUT2D eigenvalue weighted by molar-refractivity contribution is 0.0945. The number of pyridine rings is 1. The van der Waals surface area contributed by atoms with Gasteiger partial charge in [0, 0.05) is 24.6 Å². The Morgan fingerprint density at radius 3 is 2.58 bits per heavy atom. The second-order valence-electron chi connectivity index (χ2n) is 5.41. The van der Waals surface area contributed by atoms with Crippen molar-refractivity contribution >= 4 is 17.4 Å². The zero-order valence-electron chi connectivity index (χ0n) is 14.3. The smallest absolute Gasteiger partial charge is 0.271 e. The van der Waals surface area contributed by atoms with Gasteiger partial charge in [0.25, 0.3) is 5.91 Å². The fourth-order valence-corrected chi connectivity index (χ4v) is 2.23. The molecule has 0 radical (unpaired) electrons. The lowest BCUT2D eigenvalue weighted by Gasteiger charge is -2.08. The van der Waals surface area contributed by atoms with E-state index in [0.29, 0.717) is 19.0 Å². The summed E-state index contributed by atoms with van der Waals surface area (Å²) < 4.78 is 5.40. The maximum Gasteiger partial charge on any atom is 0.271 e. The molecule has 2 aromatic heterocycles. The van der Waals surface area contributed by atoms with Gasteiger partial charge in [0.1, 0.15) is 17.3 Å². The normalized spacial score (nSPS) is 10.2. The lowest BCUT2D eigenvalue weighted by atomic mass is 10.3. The van der Waals surface area contributed by atoms with Gasteiger partial charge < -0.3 is 15.4 Å². The lowest BCUT2D eigenvalue weighted by Crippen LogP contribution is -2.24. The van der Waals surface area contributed by atoms with E-state index in [9.17, 15) is 4.79 Å². The van der Waals surface area contributed by atoms with Gasteiger partial charge in [-0.3, -0.25) is 9.78 Å². The minimum Gasteiger partial charge on any atom is -0.494 e. The van der Waals surface area contributed by atoms with E-state index in [1.54, 1.807) is 12.4 Å². The van der Waals surface area contributed by atoms with Crippen LogP contribution in [0.3, 0.4) is 0 Å². The van der Waals surface area contributed by atoms with Crippen molar-refractivity contribution in [2.45, 2.75) is 13.5 Å². The van der Waals surface area contributed by atoms with Crippen LogP contribution in [-0.4, -0.2) is 27.5 Å². The first-order valence-electron chi connectivity index (χ1n) is 8.23. The highest BCUT2D eigenvalue weighted by Crippen LogP contribution is 2.18. The molecule has 0 aliphatic heterocycles. The maximum atomic E-state index is 12.1. The Morgan fingerprint density at radius 1 is 1.08 bits per heavy atom. The number of aromatic nitrogens is 3. The van der Waals surface area contributed by atoms with Gasteiger partial charge in [-0.25, -0.2) is 9.97 Å². The number of benzene rings is 1. The summed E-state index contributed by atoms with van der Waals surface area (Å²) in [5.41, 5.74) is 2.03. The third-order valence-electron chi connectivity index (χ3n) is 3.50. The molecule has 7 heteroatoms. The van der Waals surface area contributed by atoms with Gasteiger partial charge in [0.2, 0.25) is 0 Å². The van der Waals surface area contributed by atoms with Gasteiger partial charge in [-0.1, -0.05) is 6.07 Å². The Labute approximate surface area is 151 Å². The van der Waals surface area contributed by atoms with E-state index in [1.165, 1.54) is 12.4 Å². The largest absolute Gasteiger partial charge is 0.494 e. The van der Waals surface area contributed by atoms with Crippen molar-refractivity contribution in [2.24, 2.45) is 0 Å².